The summed E-state index contributed by atoms with van der Waals surface area (Å²) in [6, 6.07) is 6.95. The summed E-state index contributed by atoms with van der Waals surface area (Å²) in [5.74, 6) is 0.959. The smallest absolute Gasteiger partial charge is 0.119 e. The summed E-state index contributed by atoms with van der Waals surface area (Å²) in [4.78, 5) is 2.47. The second kappa shape index (κ2) is 6.80. The lowest BCUT2D eigenvalue weighted by molar-refractivity contribution is 0.194. The Kier molecular flexibility index (Phi) is 5.08. The molecule has 1 fully saturated rings. The van der Waals surface area contributed by atoms with Crippen molar-refractivity contribution in [1.29, 1.82) is 0 Å². The fraction of sp³-hybridized carbons (Fsp3) is 0.625. The first-order valence-corrected chi connectivity index (χ1v) is 7.38. The van der Waals surface area contributed by atoms with Crippen molar-refractivity contribution in [3.05, 3.63) is 23.8 Å². The number of hydrogen-bond acceptors (Lipinski definition) is 3. The normalized spacial score (nSPS) is 20.3. The van der Waals surface area contributed by atoms with E-state index in [1.54, 1.807) is 0 Å². The van der Waals surface area contributed by atoms with Crippen LogP contribution in [0.5, 0.6) is 5.75 Å². The Morgan fingerprint density at radius 2 is 2.21 bits per heavy atom. The number of piperidine rings is 1. The van der Waals surface area contributed by atoms with Crippen LogP contribution in [0.3, 0.4) is 0 Å². The van der Waals surface area contributed by atoms with Gasteiger partial charge in [-0.3, -0.25) is 0 Å². The van der Waals surface area contributed by atoms with E-state index in [-0.39, 0.29) is 0 Å². The Balaban J connectivity index is 1.91. The van der Waals surface area contributed by atoms with Crippen LogP contribution in [-0.2, 0) is 0 Å². The van der Waals surface area contributed by atoms with Gasteiger partial charge in [0, 0.05) is 18.3 Å². The molecule has 1 aliphatic heterocycles. The first-order valence-electron chi connectivity index (χ1n) is 7.38. The van der Waals surface area contributed by atoms with Gasteiger partial charge in [-0.15, -0.1) is 0 Å². The molecule has 3 heteroatoms. The molecule has 0 amide bonds. The lowest BCUT2D eigenvalue weighted by Crippen LogP contribution is -2.40. The van der Waals surface area contributed by atoms with Crippen molar-refractivity contribution in [3.8, 4) is 5.75 Å². The monoisotopic (exact) mass is 262 g/mol. The molecule has 0 spiro atoms. The third-order valence-electron chi connectivity index (χ3n) is 3.96. The molecule has 0 radical (unpaired) electrons. The minimum absolute atomic E-state index is 0.666. The predicted octanol–water partition coefficient (Wildman–Crippen LogP) is 3.29. The molecular formula is C16H26N2O. The second-order valence-electron chi connectivity index (χ2n) is 5.42. The SMILES string of the molecule is CCOc1ccc(NCC2CCCCN2C)c(C)c1. The van der Waals surface area contributed by atoms with Gasteiger partial charge in [-0.2, -0.15) is 0 Å². The molecule has 3 nitrogen and oxygen atoms in total. The summed E-state index contributed by atoms with van der Waals surface area (Å²) in [6.45, 7) is 7.13. The summed E-state index contributed by atoms with van der Waals surface area (Å²) in [6.07, 6.45) is 4.01. The van der Waals surface area contributed by atoms with Crippen LogP contribution in [0.4, 0.5) is 5.69 Å². The Morgan fingerprint density at radius 3 is 2.89 bits per heavy atom. The fourth-order valence-corrected chi connectivity index (χ4v) is 2.72. The van der Waals surface area contributed by atoms with Gasteiger partial charge in [0.2, 0.25) is 0 Å². The Hall–Kier alpha value is -1.22. The number of likely N-dealkylation sites (tertiary alicyclic amines) is 1. The van der Waals surface area contributed by atoms with E-state index in [0.717, 1.165) is 18.9 Å². The number of hydrogen-bond donors (Lipinski definition) is 1. The number of rotatable bonds is 5. The molecule has 0 saturated carbocycles. The summed E-state index contributed by atoms with van der Waals surface area (Å²) < 4.78 is 5.52. The molecule has 1 N–H and O–H groups in total. The highest BCUT2D eigenvalue weighted by molar-refractivity contribution is 5.53. The number of nitrogens with zero attached hydrogens (tertiary/aromatic N) is 1. The third-order valence-corrected chi connectivity index (χ3v) is 3.96. The van der Waals surface area contributed by atoms with Gasteiger partial charge in [0.05, 0.1) is 6.61 Å². The molecule has 1 aromatic rings. The fourth-order valence-electron chi connectivity index (χ4n) is 2.72. The maximum Gasteiger partial charge on any atom is 0.119 e. The van der Waals surface area contributed by atoms with Crippen LogP contribution in [0.25, 0.3) is 0 Å². The first kappa shape index (κ1) is 14.2. The van der Waals surface area contributed by atoms with E-state index in [9.17, 15) is 0 Å². The van der Waals surface area contributed by atoms with Gasteiger partial charge in [-0.25, -0.2) is 0 Å². The van der Waals surface area contributed by atoms with E-state index in [2.05, 4.69) is 36.3 Å². The van der Waals surface area contributed by atoms with Gasteiger partial charge in [0.1, 0.15) is 5.75 Å². The van der Waals surface area contributed by atoms with Crippen LogP contribution in [0, 0.1) is 6.92 Å². The first-order chi connectivity index (χ1) is 9.20. The number of benzene rings is 1. The molecule has 0 aromatic heterocycles. The molecule has 106 valence electrons. The third kappa shape index (κ3) is 3.87. The number of aryl methyl sites for hydroxylation is 1. The van der Waals surface area contributed by atoms with Crippen molar-refractivity contribution >= 4 is 5.69 Å². The van der Waals surface area contributed by atoms with Gasteiger partial charge in [-0.1, -0.05) is 6.42 Å². The highest BCUT2D eigenvalue weighted by Crippen LogP contribution is 2.22. The zero-order valence-corrected chi connectivity index (χ0v) is 12.4. The van der Waals surface area contributed by atoms with E-state index >= 15 is 0 Å². The number of ether oxygens (including phenoxy) is 1. The number of likely N-dealkylation sites (N-methyl/N-ethyl adjacent to an activating group) is 1. The van der Waals surface area contributed by atoms with Crippen LogP contribution >= 0.6 is 0 Å². The van der Waals surface area contributed by atoms with Crippen molar-refractivity contribution < 1.29 is 4.74 Å². The van der Waals surface area contributed by atoms with E-state index < -0.39 is 0 Å². The summed E-state index contributed by atoms with van der Waals surface area (Å²) in [5.41, 5.74) is 2.48. The van der Waals surface area contributed by atoms with E-state index in [0.29, 0.717) is 6.04 Å². The minimum Gasteiger partial charge on any atom is -0.494 e. The van der Waals surface area contributed by atoms with Crippen molar-refractivity contribution in [2.24, 2.45) is 0 Å². The minimum atomic E-state index is 0.666. The lowest BCUT2D eigenvalue weighted by Gasteiger charge is -2.33. The molecule has 2 rings (SSSR count). The molecule has 1 atom stereocenters. The van der Waals surface area contributed by atoms with Crippen LogP contribution in [-0.4, -0.2) is 37.7 Å². The molecule has 0 bridgehead atoms. The Bertz CT molecular complexity index is 406. The molecule has 1 aromatic carbocycles. The summed E-state index contributed by atoms with van der Waals surface area (Å²) in [7, 11) is 2.23. The molecule has 1 saturated heterocycles. The lowest BCUT2D eigenvalue weighted by atomic mass is 10.0. The van der Waals surface area contributed by atoms with Crippen molar-refractivity contribution in [2.45, 2.75) is 39.2 Å². The van der Waals surface area contributed by atoms with E-state index in [1.165, 1.54) is 37.1 Å². The maximum absolute atomic E-state index is 5.52. The quantitative estimate of drug-likeness (QED) is 0.881. The number of anilines is 1. The van der Waals surface area contributed by atoms with Crippen LogP contribution in [0.2, 0.25) is 0 Å². The molecule has 1 unspecified atom stereocenters. The van der Waals surface area contributed by atoms with Crippen molar-refractivity contribution in [2.75, 3.05) is 32.1 Å². The van der Waals surface area contributed by atoms with E-state index in [4.69, 9.17) is 4.74 Å². The van der Waals surface area contributed by atoms with Gasteiger partial charge in [0.25, 0.3) is 0 Å². The van der Waals surface area contributed by atoms with Crippen molar-refractivity contribution in [1.82, 2.24) is 4.90 Å². The molecule has 0 aliphatic carbocycles. The van der Waals surface area contributed by atoms with Crippen LogP contribution in [0.1, 0.15) is 31.7 Å². The molecule has 1 heterocycles. The average molecular weight is 262 g/mol. The maximum atomic E-state index is 5.52. The van der Waals surface area contributed by atoms with Gasteiger partial charge in [0.15, 0.2) is 0 Å². The zero-order valence-electron chi connectivity index (χ0n) is 12.4. The largest absolute Gasteiger partial charge is 0.494 e. The highest BCUT2D eigenvalue weighted by atomic mass is 16.5. The predicted molar refractivity (Wildman–Crippen MR) is 81.1 cm³/mol. The average Bonchev–Trinajstić information content (AvgIpc) is 2.40. The highest BCUT2D eigenvalue weighted by Gasteiger charge is 2.18. The van der Waals surface area contributed by atoms with Crippen LogP contribution < -0.4 is 10.1 Å². The molecule has 19 heavy (non-hydrogen) atoms. The topological polar surface area (TPSA) is 24.5 Å². The molecule has 1 aliphatic rings. The van der Waals surface area contributed by atoms with Gasteiger partial charge >= 0.3 is 0 Å². The Morgan fingerprint density at radius 1 is 1.37 bits per heavy atom. The standard InChI is InChI=1S/C16H26N2O/c1-4-19-15-8-9-16(13(2)11-15)17-12-14-7-5-6-10-18(14)3/h8-9,11,14,17H,4-7,10,12H2,1-3H3. The van der Waals surface area contributed by atoms with E-state index in [1.807, 2.05) is 13.0 Å². The molecular weight excluding hydrogens is 236 g/mol. The van der Waals surface area contributed by atoms with Crippen molar-refractivity contribution in [3.63, 3.8) is 0 Å². The second-order valence-corrected chi connectivity index (χ2v) is 5.42. The summed E-state index contributed by atoms with van der Waals surface area (Å²) >= 11 is 0. The summed E-state index contributed by atoms with van der Waals surface area (Å²) in [5, 5.41) is 3.59. The van der Waals surface area contributed by atoms with Crippen LogP contribution in [0.15, 0.2) is 18.2 Å². The zero-order chi connectivity index (χ0) is 13.7. The van der Waals surface area contributed by atoms with Gasteiger partial charge < -0.3 is 15.0 Å². The van der Waals surface area contributed by atoms with Gasteiger partial charge in [-0.05, 0) is 64.0 Å². The Labute approximate surface area is 116 Å². The number of nitrogens with one attached hydrogen (secondary N) is 1.